The van der Waals surface area contributed by atoms with E-state index in [2.05, 4.69) is 20.6 Å². The van der Waals surface area contributed by atoms with Crippen molar-refractivity contribution in [2.75, 3.05) is 5.32 Å². The second-order valence-corrected chi connectivity index (χ2v) is 7.90. The number of aromatic nitrogens is 2. The molecule has 2 fully saturated rings. The molecule has 2 aliphatic carbocycles. The first-order valence-electron chi connectivity index (χ1n) is 9.28. The first-order chi connectivity index (χ1) is 13.5. The Balaban J connectivity index is 1.39. The Hall–Kier alpha value is -2.67. The molecule has 2 bridgehead atoms. The van der Waals surface area contributed by atoms with Crippen molar-refractivity contribution < 1.29 is 14.3 Å². The number of nitrogens with zero attached hydrogens (tertiary/aromatic N) is 2. The van der Waals surface area contributed by atoms with Crippen LogP contribution in [-0.2, 0) is 11.3 Å². The molecular formula is C20H21ClN4O3. The van der Waals surface area contributed by atoms with Gasteiger partial charge in [0.2, 0.25) is 0 Å². The quantitative estimate of drug-likeness (QED) is 0.566. The summed E-state index contributed by atoms with van der Waals surface area (Å²) in [6, 6.07) is 9.71. The SMILES string of the molecule is O=Cc1c(Cl)ncnc1NC12CCC(OC(=O)NCc3ccccc3)(CC1)C2. The summed E-state index contributed by atoms with van der Waals surface area (Å²) in [5.74, 6) is 0.432. The molecule has 8 heteroatoms. The Morgan fingerprint density at radius 3 is 2.64 bits per heavy atom. The molecule has 2 aromatic rings. The van der Waals surface area contributed by atoms with Gasteiger partial charge in [-0.2, -0.15) is 0 Å². The lowest BCUT2D eigenvalue weighted by Gasteiger charge is -2.29. The third kappa shape index (κ3) is 3.67. The Morgan fingerprint density at radius 2 is 1.93 bits per heavy atom. The fourth-order valence-corrected chi connectivity index (χ4v) is 4.47. The minimum absolute atomic E-state index is 0.127. The van der Waals surface area contributed by atoms with E-state index in [1.165, 1.54) is 6.33 Å². The first-order valence-corrected chi connectivity index (χ1v) is 9.66. The molecule has 1 heterocycles. The number of anilines is 1. The van der Waals surface area contributed by atoms with Crippen molar-refractivity contribution in [1.29, 1.82) is 0 Å². The molecule has 2 saturated carbocycles. The lowest BCUT2D eigenvalue weighted by Crippen LogP contribution is -2.35. The zero-order chi connectivity index (χ0) is 19.6. The van der Waals surface area contributed by atoms with Gasteiger partial charge in [-0.15, -0.1) is 0 Å². The summed E-state index contributed by atoms with van der Waals surface area (Å²) >= 11 is 6.00. The summed E-state index contributed by atoms with van der Waals surface area (Å²) in [6.07, 6.45) is 5.48. The first kappa shape index (κ1) is 18.7. The Morgan fingerprint density at radius 1 is 1.18 bits per heavy atom. The molecule has 7 nitrogen and oxygen atoms in total. The third-order valence-electron chi connectivity index (χ3n) is 5.70. The van der Waals surface area contributed by atoms with Crippen molar-refractivity contribution in [2.45, 2.75) is 49.8 Å². The number of carbonyl (C=O) groups excluding carboxylic acids is 2. The van der Waals surface area contributed by atoms with Gasteiger partial charge in [0.25, 0.3) is 0 Å². The molecule has 0 unspecified atom stereocenters. The van der Waals surface area contributed by atoms with E-state index in [9.17, 15) is 9.59 Å². The Labute approximate surface area is 167 Å². The molecule has 1 amide bonds. The highest BCUT2D eigenvalue weighted by molar-refractivity contribution is 6.32. The fourth-order valence-electron chi connectivity index (χ4n) is 4.29. The Kier molecular flexibility index (Phi) is 4.93. The molecule has 0 atom stereocenters. The topological polar surface area (TPSA) is 93.2 Å². The molecule has 0 spiro atoms. The summed E-state index contributed by atoms with van der Waals surface area (Å²) in [4.78, 5) is 31.7. The number of ether oxygens (including phenoxy) is 1. The van der Waals surface area contributed by atoms with Gasteiger partial charge in [0.15, 0.2) is 6.29 Å². The zero-order valence-corrected chi connectivity index (χ0v) is 16.0. The number of benzene rings is 1. The summed E-state index contributed by atoms with van der Waals surface area (Å²) < 4.78 is 5.84. The van der Waals surface area contributed by atoms with E-state index in [4.69, 9.17) is 16.3 Å². The molecule has 0 saturated heterocycles. The molecule has 2 aliphatic rings. The van der Waals surface area contributed by atoms with Gasteiger partial charge in [0, 0.05) is 18.5 Å². The van der Waals surface area contributed by atoms with E-state index in [0.29, 0.717) is 25.1 Å². The van der Waals surface area contributed by atoms with Gasteiger partial charge in [-0.1, -0.05) is 41.9 Å². The number of nitrogens with one attached hydrogen (secondary N) is 2. The van der Waals surface area contributed by atoms with E-state index in [1.54, 1.807) is 0 Å². The monoisotopic (exact) mass is 400 g/mol. The number of alkyl carbamates (subject to hydrolysis) is 1. The number of fused-ring (bicyclic) bond motifs is 2. The Bertz CT molecular complexity index is 882. The van der Waals surface area contributed by atoms with Crippen molar-refractivity contribution in [3.63, 3.8) is 0 Å². The van der Waals surface area contributed by atoms with E-state index in [-0.39, 0.29) is 16.3 Å². The molecule has 0 aliphatic heterocycles. The second kappa shape index (κ2) is 7.39. The molecule has 4 rings (SSSR count). The van der Waals surface area contributed by atoms with Gasteiger partial charge in [-0.3, -0.25) is 4.79 Å². The lowest BCUT2D eigenvalue weighted by molar-refractivity contribution is 0.0189. The summed E-state index contributed by atoms with van der Waals surface area (Å²) in [7, 11) is 0. The highest BCUT2D eigenvalue weighted by Gasteiger charge is 2.57. The fraction of sp³-hybridized carbons (Fsp3) is 0.400. The number of amides is 1. The minimum Gasteiger partial charge on any atom is -0.443 e. The van der Waals surface area contributed by atoms with Crippen LogP contribution < -0.4 is 10.6 Å². The molecule has 146 valence electrons. The largest absolute Gasteiger partial charge is 0.443 e. The predicted molar refractivity (Wildman–Crippen MR) is 104 cm³/mol. The van der Waals surface area contributed by atoms with E-state index in [0.717, 1.165) is 31.2 Å². The normalized spacial score (nSPS) is 25.3. The van der Waals surface area contributed by atoms with Crippen LogP contribution in [0.3, 0.4) is 0 Å². The third-order valence-corrected chi connectivity index (χ3v) is 6.01. The van der Waals surface area contributed by atoms with Crippen molar-refractivity contribution in [3.05, 3.63) is 52.9 Å². The van der Waals surface area contributed by atoms with Gasteiger partial charge in [0.1, 0.15) is 22.9 Å². The van der Waals surface area contributed by atoms with Gasteiger partial charge >= 0.3 is 6.09 Å². The van der Waals surface area contributed by atoms with Gasteiger partial charge < -0.3 is 15.4 Å². The number of rotatable bonds is 6. The van der Waals surface area contributed by atoms with Crippen LogP contribution in [0.1, 0.15) is 48.0 Å². The smallest absolute Gasteiger partial charge is 0.407 e. The maximum absolute atomic E-state index is 12.3. The van der Waals surface area contributed by atoms with E-state index >= 15 is 0 Å². The molecule has 1 aromatic heterocycles. The van der Waals surface area contributed by atoms with Crippen LogP contribution in [0.4, 0.5) is 10.6 Å². The van der Waals surface area contributed by atoms with Crippen molar-refractivity contribution in [3.8, 4) is 0 Å². The molecule has 0 radical (unpaired) electrons. The van der Waals surface area contributed by atoms with Crippen LogP contribution in [-0.4, -0.2) is 33.5 Å². The number of halogens is 1. The zero-order valence-electron chi connectivity index (χ0n) is 15.3. The van der Waals surface area contributed by atoms with Crippen molar-refractivity contribution in [2.24, 2.45) is 0 Å². The highest BCUT2D eigenvalue weighted by Crippen LogP contribution is 2.54. The minimum atomic E-state index is -0.480. The number of carbonyl (C=O) groups is 2. The van der Waals surface area contributed by atoms with Crippen LogP contribution in [0.5, 0.6) is 0 Å². The van der Waals surface area contributed by atoms with Gasteiger partial charge in [0.05, 0.1) is 5.56 Å². The van der Waals surface area contributed by atoms with Crippen LogP contribution in [0.25, 0.3) is 0 Å². The number of hydrogen-bond donors (Lipinski definition) is 2. The van der Waals surface area contributed by atoms with Gasteiger partial charge in [-0.25, -0.2) is 14.8 Å². The molecule has 1 aromatic carbocycles. The summed E-state index contributed by atoms with van der Waals surface area (Å²) in [6.45, 7) is 0.432. The number of hydrogen-bond acceptors (Lipinski definition) is 6. The van der Waals surface area contributed by atoms with Crippen LogP contribution in [0.15, 0.2) is 36.7 Å². The van der Waals surface area contributed by atoms with Crippen LogP contribution in [0.2, 0.25) is 5.15 Å². The lowest BCUT2D eigenvalue weighted by atomic mass is 9.92. The molecule has 28 heavy (non-hydrogen) atoms. The summed E-state index contributed by atoms with van der Waals surface area (Å²) in [5.41, 5.74) is 0.540. The second-order valence-electron chi connectivity index (χ2n) is 7.54. The average molecular weight is 401 g/mol. The molecule has 2 N–H and O–H groups in total. The van der Waals surface area contributed by atoms with E-state index < -0.39 is 11.7 Å². The summed E-state index contributed by atoms with van der Waals surface area (Å²) in [5, 5.41) is 6.34. The standard InChI is InChI=1S/C20H21ClN4O3/c21-16-15(11-26)17(24-13-23-16)25-19-6-8-20(12-19,9-7-19)28-18(27)22-10-14-4-2-1-3-5-14/h1-5,11,13H,6-10,12H2,(H,22,27)(H,23,24,25). The maximum atomic E-state index is 12.3. The predicted octanol–water partition coefficient (Wildman–Crippen LogP) is 3.74. The molecular weight excluding hydrogens is 380 g/mol. The maximum Gasteiger partial charge on any atom is 0.407 e. The average Bonchev–Trinajstić information content (AvgIpc) is 3.22. The van der Waals surface area contributed by atoms with Crippen molar-refractivity contribution in [1.82, 2.24) is 15.3 Å². The number of aldehydes is 1. The highest BCUT2D eigenvalue weighted by atomic mass is 35.5. The van der Waals surface area contributed by atoms with Crippen LogP contribution in [0, 0.1) is 0 Å². The van der Waals surface area contributed by atoms with E-state index in [1.807, 2.05) is 30.3 Å². The van der Waals surface area contributed by atoms with Crippen molar-refractivity contribution >= 4 is 29.8 Å². The van der Waals surface area contributed by atoms with Crippen LogP contribution >= 0.6 is 11.6 Å². The van der Waals surface area contributed by atoms with Gasteiger partial charge in [-0.05, 0) is 31.2 Å².